The highest BCUT2D eigenvalue weighted by Gasteiger charge is 2.50. The lowest BCUT2D eigenvalue weighted by Crippen LogP contribution is -2.53. The van der Waals surface area contributed by atoms with Crippen LogP contribution in [0.1, 0.15) is 30.4 Å². The van der Waals surface area contributed by atoms with Crippen molar-refractivity contribution in [1.29, 1.82) is 0 Å². The molecule has 1 saturated carbocycles. The zero-order valence-corrected chi connectivity index (χ0v) is 19.7. The van der Waals surface area contributed by atoms with E-state index < -0.39 is 45.4 Å². The Morgan fingerprint density at radius 2 is 1.91 bits per heavy atom. The average Bonchev–Trinajstić information content (AvgIpc) is 3.57. The van der Waals surface area contributed by atoms with Gasteiger partial charge in [0.25, 0.3) is 5.91 Å². The first-order chi connectivity index (χ1) is 16.2. The predicted molar refractivity (Wildman–Crippen MR) is 124 cm³/mol. The van der Waals surface area contributed by atoms with Gasteiger partial charge < -0.3 is 9.64 Å². The summed E-state index contributed by atoms with van der Waals surface area (Å²) in [7, 11) is -3.71. The van der Waals surface area contributed by atoms with Crippen molar-refractivity contribution < 1.29 is 26.7 Å². The summed E-state index contributed by atoms with van der Waals surface area (Å²) < 4.78 is 63.9. The standard InChI is InChI=1S/C25H28F2N2O4S/c1-15-4-2-5-16(12-15)19-7-3-6-17(23(19)27)13-21-24(28-34(31,32)18-8-9-18)20(26)14-29(21)25(30)22-10-11-33-22/h2-7,12,18,20-22,24,28H,8-11,13-14H2,1H3/t20-,21-,22?,24-/m0/s1. The molecule has 34 heavy (non-hydrogen) atoms. The second-order valence-corrected chi connectivity index (χ2v) is 11.5. The van der Waals surface area contributed by atoms with Crippen molar-refractivity contribution in [3.63, 3.8) is 0 Å². The molecular formula is C25H28F2N2O4S. The summed E-state index contributed by atoms with van der Waals surface area (Å²) in [6.45, 7) is 2.13. The van der Waals surface area contributed by atoms with Gasteiger partial charge in [-0.05, 0) is 37.3 Å². The first-order valence-corrected chi connectivity index (χ1v) is 13.2. The summed E-state index contributed by atoms with van der Waals surface area (Å²) in [5, 5.41) is -0.526. The largest absolute Gasteiger partial charge is 0.368 e. The molecule has 2 aromatic rings. The highest BCUT2D eigenvalue weighted by molar-refractivity contribution is 7.90. The van der Waals surface area contributed by atoms with Crippen molar-refractivity contribution in [1.82, 2.24) is 9.62 Å². The summed E-state index contributed by atoms with van der Waals surface area (Å²) in [5.41, 5.74) is 2.42. The molecule has 1 N–H and O–H groups in total. The van der Waals surface area contributed by atoms with Gasteiger partial charge in [0.05, 0.1) is 30.5 Å². The summed E-state index contributed by atoms with van der Waals surface area (Å²) in [6.07, 6.45) is -0.649. The zero-order valence-electron chi connectivity index (χ0n) is 18.9. The average molecular weight is 491 g/mol. The van der Waals surface area contributed by atoms with Crippen molar-refractivity contribution in [3.8, 4) is 11.1 Å². The lowest BCUT2D eigenvalue weighted by Gasteiger charge is -2.34. The Balaban J connectivity index is 1.47. The van der Waals surface area contributed by atoms with Gasteiger partial charge in [0, 0.05) is 12.0 Å². The maximum absolute atomic E-state index is 15.6. The predicted octanol–water partition coefficient (Wildman–Crippen LogP) is 3.13. The maximum Gasteiger partial charge on any atom is 0.252 e. The number of alkyl halides is 1. The fourth-order valence-corrected chi connectivity index (χ4v) is 6.43. The molecule has 2 heterocycles. The van der Waals surface area contributed by atoms with Gasteiger partial charge in [-0.2, -0.15) is 0 Å². The van der Waals surface area contributed by atoms with Crippen LogP contribution < -0.4 is 4.72 Å². The van der Waals surface area contributed by atoms with Crippen LogP contribution in [0.15, 0.2) is 42.5 Å². The van der Waals surface area contributed by atoms with E-state index in [1.54, 1.807) is 18.2 Å². The van der Waals surface area contributed by atoms with Crippen LogP contribution in [0.3, 0.4) is 0 Å². The Hall–Kier alpha value is -2.36. The Labute approximate surface area is 198 Å². The number of likely N-dealkylation sites (tertiary alicyclic amines) is 1. The molecule has 3 fully saturated rings. The van der Waals surface area contributed by atoms with Gasteiger partial charge in [-0.3, -0.25) is 4.79 Å². The van der Waals surface area contributed by atoms with Crippen LogP contribution in [0.2, 0.25) is 0 Å². The SMILES string of the molecule is Cc1cccc(-c2cccc(C[C@H]3[C@@H](NS(=O)(=O)C4CC4)[C@@H](F)CN3C(=O)C3CCO3)c2F)c1. The third kappa shape index (κ3) is 4.48. The number of sulfonamides is 1. The van der Waals surface area contributed by atoms with Gasteiger partial charge in [-0.15, -0.1) is 0 Å². The van der Waals surface area contributed by atoms with Crippen molar-refractivity contribution in [2.24, 2.45) is 0 Å². The molecule has 2 saturated heterocycles. The van der Waals surface area contributed by atoms with Gasteiger partial charge in [0.1, 0.15) is 18.1 Å². The minimum Gasteiger partial charge on any atom is -0.368 e. The molecule has 2 aromatic carbocycles. The summed E-state index contributed by atoms with van der Waals surface area (Å²) in [4.78, 5) is 14.3. The van der Waals surface area contributed by atoms with E-state index in [1.807, 2.05) is 31.2 Å². The fraction of sp³-hybridized carbons (Fsp3) is 0.480. The number of carbonyl (C=O) groups is 1. The Kier molecular flexibility index (Phi) is 6.20. The van der Waals surface area contributed by atoms with Crippen molar-refractivity contribution >= 4 is 15.9 Å². The zero-order chi connectivity index (χ0) is 24.0. The van der Waals surface area contributed by atoms with Crippen LogP contribution in [0, 0.1) is 12.7 Å². The molecule has 5 rings (SSSR count). The molecule has 6 nitrogen and oxygen atoms in total. The lowest BCUT2D eigenvalue weighted by atomic mass is 9.95. The van der Waals surface area contributed by atoms with Crippen molar-refractivity contribution in [2.45, 2.75) is 62.2 Å². The van der Waals surface area contributed by atoms with Gasteiger partial charge >= 0.3 is 0 Å². The Bertz CT molecular complexity index is 1200. The number of ether oxygens (including phenoxy) is 1. The monoisotopic (exact) mass is 490 g/mol. The molecule has 0 radical (unpaired) electrons. The van der Waals surface area contributed by atoms with E-state index in [9.17, 15) is 13.2 Å². The number of aryl methyl sites for hydroxylation is 1. The van der Waals surface area contributed by atoms with Gasteiger partial charge in [0.15, 0.2) is 0 Å². The van der Waals surface area contributed by atoms with Crippen LogP contribution >= 0.6 is 0 Å². The summed E-state index contributed by atoms with van der Waals surface area (Å²) in [6, 6.07) is 10.5. The number of carbonyl (C=O) groups excluding carboxylic acids is 1. The second-order valence-electron chi connectivity index (χ2n) is 9.46. The van der Waals surface area contributed by atoms with Gasteiger partial charge in [0.2, 0.25) is 10.0 Å². The maximum atomic E-state index is 15.6. The smallest absolute Gasteiger partial charge is 0.252 e. The molecule has 1 amide bonds. The lowest BCUT2D eigenvalue weighted by molar-refractivity contribution is -0.157. The number of rotatable bonds is 7. The topological polar surface area (TPSA) is 75.7 Å². The van der Waals surface area contributed by atoms with Crippen LogP contribution in [-0.4, -0.2) is 62.0 Å². The van der Waals surface area contributed by atoms with Crippen LogP contribution in [0.4, 0.5) is 8.78 Å². The van der Waals surface area contributed by atoms with E-state index in [2.05, 4.69) is 4.72 Å². The number of nitrogens with one attached hydrogen (secondary N) is 1. The van der Waals surface area contributed by atoms with E-state index in [0.29, 0.717) is 37.0 Å². The van der Waals surface area contributed by atoms with Crippen molar-refractivity contribution in [3.05, 3.63) is 59.4 Å². The molecule has 3 aliphatic rings. The minimum absolute atomic E-state index is 0.0117. The molecule has 2 aliphatic heterocycles. The third-order valence-corrected chi connectivity index (χ3v) is 8.88. The summed E-state index contributed by atoms with van der Waals surface area (Å²) in [5.74, 6) is -0.825. The summed E-state index contributed by atoms with van der Waals surface area (Å²) >= 11 is 0. The molecule has 0 aromatic heterocycles. The molecule has 1 aliphatic carbocycles. The normalized spacial score (nSPS) is 27.0. The molecule has 9 heteroatoms. The Morgan fingerprint density at radius 3 is 2.56 bits per heavy atom. The molecule has 4 atom stereocenters. The first kappa shape index (κ1) is 23.4. The van der Waals surface area contributed by atoms with Gasteiger partial charge in [-0.25, -0.2) is 21.9 Å². The Morgan fingerprint density at radius 1 is 1.18 bits per heavy atom. The van der Waals surface area contributed by atoms with E-state index >= 15 is 8.78 Å². The minimum atomic E-state index is -3.71. The first-order valence-electron chi connectivity index (χ1n) is 11.7. The van der Waals surface area contributed by atoms with E-state index in [4.69, 9.17) is 4.74 Å². The van der Waals surface area contributed by atoms with E-state index in [0.717, 1.165) is 11.1 Å². The number of amides is 1. The molecular weight excluding hydrogens is 462 g/mol. The number of hydrogen-bond acceptors (Lipinski definition) is 4. The van der Waals surface area contributed by atoms with E-state index in [1.165, 1.54) is 4.90 Å². The fourth-order valence-electron chi connectivity index (χ4n) is 4.79. The molecule has 0 spiro atoms. The van der Waals surface area contributed by atoms with Crippen LogP contribution in [0.5, 0.6) is 0 Å². The number of benzene rings is 2. The quantitative estimate of drug-likeness (QED) is 0.647. The van der Waals surface area contributed by atoms with Crippen LogP contribution in [0.25, 0.3) is 11.1 Å². The molecule has 182 valence electrons. The number of nitrogens with zero attached hydrogens (tertiary/aromatic N) is 1. The molecule has 1 unspecified atom stereocenters. The highest BCUT2D eigenvalue weighted by Crippen LogP contribution is 2.34. The van der Waals surface area contributed by atoms with Crippen LogP contribution in [-0.2, 0) is 26.0 Å². The number of hydrogen-bond donors (Lipinski definition) is 1. The third-order valence-electron chi connectivity index (χ3n) is 6.93. The van der Waals surface area contributed by atoms with E-state index in [-0.39, 0.29) is 18.9 Å². The van der Waals surface area contributed by atoms with Crippen molar-refractivity contribution in [2.75, 3.05) is 13.2 Å². The van der Waals surface area contributed by atoms with Gasteiger partial charge in [-0.1, -0.05) is 48.0 Å². The molecule has 0 bridgehead atoms. The highest BCUT2D eigenvalue weighted by atomic mass is 32.2. The number of halogens is 2. The second kappa shape index (κ2) is 9.02.